The second-order valence-electron chi connectivity index (χ2n) is 9.01. The van der Waals surface area contributed by atoms with Gasteiger partial charge in [0.25, 0.3) is 0 Å². The predicted octanol–water partition coefficient (Wildman–Crippen LogP) is 1.66. The summed E-state index contributed by atoms with van der Waals surface area (Å²) < 4.78 is 16.6. The van der Waals surface area contributed by atoms with Gasteiger partial charge >= 0.3 is 5.97 Å². The minimum absolute atomic E-state index is 0.0335. The van der Waals surface area contributed by atoms with E-state index in [1.165, 1.54) is 48.5 Å². The lowest BCUT2D eigenvalue weighted by atomic mass is 9.98. The predicted molar refractivity (Wildman–Crippen MR) is 135 cm³/mol. The minimum Gasteiger partial charge on any atom is -0.508 e. The number of Topliss-reactive ketones (excluding diaryl/α,β-unsaturated/α-hetero) is 1. The van der Waals surface area contributed by atoms with Crippen LogP contribution in [-0.4, -0.2) is 79.7 Å². The molecule has 0 aliphatic carbocycles. The largest absolute Gasteiger partial charge is 0.508 e. The molecule has 1 fully saturated rings. The van der Waals surface area contributed by atoms with Crippen LogP contribution in [0.5, 0.6) is 23.0 Å². The van der Waals surface area contributed by atoms with Crippen LogP contribution in [0.2, 0.25) is 0 Å². The van der Waals surface area contributed by atoms with Crippen molar-refractivity contribution in [3.05, 3.63) is 83.4 Å². The van der Waals surface area contributed by atoms with Crippen LogP contribution in [0.3, 0.4) is 0 Å². The molecule has 11 nitrogen and oxygen atoms in total. The highest BCUT2D eigenvalue weighted by molar-refractivity contribution is 5.99. The summed E-state index contributed by atoms with van der Waals surface area (Å²) in [6, 6.07) is 15.3. The molecule has 206 valence electrons. The first-order valence-electron chi connectivity index (χ1n) is 12.1. The van der Waals surface area contributed by atoms with Gasteiger partial charge in [0, 0.05) is 12.5 Å². The third-order valence-corrected chi connectivity index (χ3v) is 6.25. The number of hydrogen-bond acceptors (Lipinski definition) is 11. The van der Waals surface area contributed by atoms with Crippen molar-refractivity contribution >= 4 is 11.8 Å². The monoisotopic (exact) mass is 540 g/mol. The van der Waals surface area contributed by atoms with Gasteiger partial charge in [-0.2, -0.15) is 0 Å². The van der Waals surface area contributed by atoms with E-state index in [4.69, 9.17) is 14.2 Å². The number of carbonyl (C=O) groups excluding carboxylic acids is 2. The number of ether oxygens (including phenoxy) is 3. The van der Waals surface area contributed by atoms with Gasteiger partial charge < -0.3 is 44.8 Å². The number of aryl methyl sites for hydroxylation is 1. The summed E-state index contributed by atoms with van der Waals surface area (Å²) in [5.74, 6) is -1.61. The summed E-state index contributed by atoms with van der Waals surface area (Å²) in [7, 11) is 0. The maximum Gasteiger partial charge on any atom is 0.338 e. The Morgan fingerprint density at radius 1 is 0.821 bits per heavy atom. The van der Waals surface area contributed by atoms with Gasteiger partial charge in [0.05, 0.1) is 17.7 Å². The Hall–Kier alpha value is -4.16. The topological polar surface area (TPSA) is 183 Å². The molecule has 1 heterocycles. The fourth-order valence-electron chi connectivity index (χ4n) is 4.10. The minimum atomic E-state index is -1.76. The molecule has 39 heavy (non-hydrogen) atoms. The van der Waals surface area contributed by atoms with E-state index in [0.29, 0.717) is 6.42 Å². The second-order valence-corrected chi connectivity index (χ2v) is 9.01. The van der Waals surface area contributed by atoms with Crippen LogP contribution in [-0.2, 0) is 15.9 Å². The van der Waals surface area contributed by atoms with Gasteiger partial charge in [0.2, 0.25) is 6.29 Å². The molecule has 3 aromatic rings. The zero-order valence-corrected chi connectivity index (χ0v) is 20.6. The molecule has 11 heteroatoms. The average Bonchev–Trinajstić information content (AvgIpc) is 2.92. The maximum absolute atomic E-state index is 13.0. The molecule has 1 saturated heterocycles. The molecular formula is C28H28O11. The van der Waals surface area contributed by atoms with Crippen molar-refractivity contribution in [1.29, 1.82) is 0 Å². The summed E-state index contributed by atoms with van der Waals surface area (Å²) in [4.78, 5) is 25.6. The number of carbonyl (C=O) groups is 2. The number of aliphatic hydroxyl groups excluding tert-OH is 3. The van der Waals surface area contributed by atoms with Gasteiger partial charge in [-0.3, -0.25) is 4.79 Å². The normalized spacial score (nSPS) is 22.7. The highest BCUT2D eigenvalue weighted by Gasteiger charge is 2.48. The maximum atomic E-state index is 13.0. The molecule has 6 N–H and O–H groups in total. The van der Waals surface area contributed by atoms with E-state index in [-0.39, 0.29) is 46.3 Å². The Balaban J connectivity index is 1.52. The quantitative estimate of drug-likeness (QED) is 0.171. The molecule has 5 atom stereocenters. The molecular weight excluding hydrogens is 512 g/mol. The smallest absolute Gasteiger partial charge is 0.338 e. The molecule has 0 aromatic heterocycles. The van der Waals surface area contributed by atoms with Crippen molar-refractivity contribution in [1.82, 2.24) is 0 Å². The van der Waals surface area contributed by atoms with Crippen molar-refractivity contribution in [2.75, 3.05) is 6.61 Å². The van der Waals surface area contributed by atoms with Crippen LogP contribution in [0, 0.1) is 0 Å². The highest BCUT2D eigenvalue weighted by atomic mass is 16.7. The Kier molecular flexibility index (Phi) is 8.67. The number of benzene rings is 3. The lowest BCUT2D eigenvalue weighted by molar-refractivity contribution is -0.276. The summed E-state index contributed by atoms with van der Waals surface area (Å²) in [5, 5.41) is 60.1. The Bertz CT molecular complexity index is 1290. The van der Waals surface area contributed by atoms with E-state index in [1.54, 1.807) is 12.1 Å². The van der Waals surface area contributed by atoms with E-state index in [1.807, 2.05) is 0 Å². The molecule has 0 saturated carbocycles. The summed E-state index contributed by atoms with van der Waals surface area (Å²) in [5.41, 5.74) is 0.921. The van der Waals surface area contributed by atoms with Crippen molar-refractivity contribution in [2.24, 2.45) is 0 Å². The first-order valence-corrected chi connectivity index (χ1v) is 12.1. The number of ketones is 1. The van der Waals surface area contributed by atoms with Gasteiger partial charge in [-0.25, -0.2) is 4.79 Å². The molecule has 1 aliphatic rings. The van der Waals surface area contributed by atoms with Gasteiger partial charge in [-0.1, -0.05) is 12.1 Å². The van der Waals surface area contributed by atoms with Gasteiger partial charge in [-0.15, -0.1) is 0 Å². The van der Waals surface area contributed by atoms with Crippen molar-refractivity contribution in [3.8, 4) is 23.0 Å². The van der Waals surface area contributed by atoms with Crippen LogP contribution in [0.25, 0.3) is 0 Å². The highest BCUT2D eigenvalue weighted by Crippen LogP contribution is 2.31. The number of aliphatic hydroxyl groups is 3. The van der Waals surface area contributed by atoms with Gasteiger partial charge in [0.1, 0.15) is 35.2 Å². The fourth-order valence-corrected chi connectivity index (χ4v) is 4.10. The van der Waals surface area contributed by atoms with E-state index in [0.717, 1.165) is 11.6 Å². The third kappa shape index (κ3) is 6.65. The Labute approximate surface area is 223 Å². The Morgan fingerprint density at radius 3 is 2.08 bits per heavy atom. The molecule has 0 bridgehead atoms. The molecule has 0 amide bonds. The Morgan fingerprint density at radius 2 is 1.44 bits per heavy atom. The SMILES string of the molecule is O=C(O[C@@H]1[C@@H](O)[C@H](Oc2cc(O)ccc2C(=O)CCc2ccc(O)cc2)O[C@H](CO)[C@H]1O)c1ccc(O)cc1. The lowest BCUT2D eigenvalue weighted by Gasteiger charge is -2.41. The number of esters is 1. The van der Waals surface area contributed by atoms with Crippen LogP contribution >= 0.6 is 0 Å². The molecule has 0 radical (unpaired) electrons. The van der Waals surface area contributed by atoms with E-state index >= 15 is 0 Å². The first-order chi connectivity index (χ1) is 18.7. The molecule has 1 aliphatic heterocycles. The molecule has 3 aromatic carbocycles. The van der Waals surface area contributed by atoms with Crippen LogP contribution in [0.4, 0.5) is 0 Å². The average molecular weight is 541 g/mol. The fraction of sp³-hybridized carbons (Fsp3) is 0.286. The number of rotatable bonds is 9. The van der Waals surface area contributed by atoms with Crippen LogP contribution in [0.15, 0.2) is 66.7 Å². The van der Waals surface area contributed by atoms with Gasteiger partial charge in [0.15, 0.2) is 18.0 Å². The molecule has 0 spiro atoms. The third-order valence-electron chi connectivity index (χ3n) is 6.25. The summed E-state index contributed by atoms with van der Waals surface area (Å²) >= 11 is 0. The summed E-state index contributed by atoms with van der Waals surface area (Å²) in [6.45, 7) is -0.709. The van der Waals surface area contributed by atoms with Crippen molar-refractivity contribution < 1.29 is 54.4 Å². The van der Waals surface area contributed by atoms with Crippen LogP contribution < -0.4 is 4.74 Å². The summed E-state index contributed by atoms with van der Waals surface area (Å²) in [6.07, 6.45) is -7.47. The standard InChI is InChI=1S/C28H28O11/c29-14-23-24(34)26(39-27(36)16-4-8-18(31)9-5-16)25(35)28(38-23)37-22-13-19(32)10-11-20(22)21(33)12-3-15-1-6-17(30)7-2-15/h1-2,4-11,13,23-26,28-32,34-35H,3,12,14H2/t23-,24-,25-,26+,28-/m1/s1. The molecule has 4 rings (SSSR count). The first kappa shape index (κ1) is 27.9. The molecule has 0 unspecified atom stereocenters. The van der Waals surface area contributed by atoms with Crippen molar-refractivity contribution in [2.45, 2.75) is 43.5 Å². The zero-order valence-electron chi connectivity index (χ0n) is 20.6. The zero-order chi connectivity index (χ0) is 28.1. The van der Waals surface area contributed by atoms with E-state index in [9.17, 15) is 40.2 Å². The van der Waals surface area contributed by atoms with Gasteiger partial charge in [-0.05, 0) is 60.5 Å². The van der Waals surface area contributed by atoms with E-state index in [2.05, 4.69) is 0 Å². The lowest BCUT2D eigenvalue weighted by Crippen LogP contribution is -2.61. The number of hydrogen-bond donors (Lipinski definition) is 6. The van der Waals surface area contributed by atoms with E-state index < -0.39 is 43.3 Å². The second kappa shape index (κ2) is 12.1. The number of aromatic hydroxyl groups is 3. The van der Waals surface area contributed by atoms with Crippen LogP contribution in [0.1, 0.15) is 32.7 Å². The number of phenols is 3. The van der Waals surface area contributed by atoms with Crippen molar-refractivity contribution in [3.63, 3.8) is 0 Å². The number of phenolic OH excluding ortho intramolecular Hbond substituents is 3.